The number of rotatable bonds is 6. The lowest BCUT2D eigenvalue weighted by atomic mass is 9.87. The van der Waals surface area contributed by atoms with Crippen LogP contribution in [0.5, 0.6) is 0 Å². The Hall–Kier alpha value is -2.18. The molecule has 1 amide bonds. The fourth-order valence-electron chi connectivity index (χ4n) is 4.81. The Morgan fingerprint density at radius 2 is 1.71 bits per heavy atom. The molecule has 0 aromatic heterocycles. The first-order valence-electron chi connectivity index (χ1n) is 11.4. The van der Waals surface area contributed by atoms with Crippen molar-refractivity contribution in [2.75, 3.05) is 20.1 Å². The number of aryl methyl sites for hydroxylation is 2. The van der Waals surface area contributed by atoms with Crippen LogP contribution in [0.2, 0.25) is 0 Å². The van der Waals surface area contributed by atoms with Gasteiger partial charge in [-0.05, 0) is 67.3 Å². The van der Waals surface area contributed by atoms with Gasteiger partial charge in [0.05, 0.1) is 10.9 Å². The van der Waals surface area contributed by atoms with Gasteiger partial charge in [0.2, 0.25) is 15.9 Å². The summed E-state index contributed by atoms with van der Waals surface area (Å²) in [5, 5.41) is 0. The van der Waals surface area contributed by atoms with E-state index in [4.69, 9.17) is 0 Å². The maximum absolute atomic E-state index is 12.9. The number of piperidine rings is 1. The maximum Gasteiger partial charge on any atom is 0.243 e. The summed E-state index contributed by atoms with van der Waals surface area (Å²) < 4.78 is 27.2. The molecule has 0 N–H and O–H groups in total. The van der Waals surface area contributed by atoms with Crippen LogP contribution in [0, 0.1) is 0 Å². The summed E-state index contributed by atoms with van der Waals surface area (Å²) >= 11 is 0. The highest BCUT2D eigenvalue weighted by Crippen LogP contribution is 2.33. The summed E-state index contributed by atoms with van der Waals surface area (Å²) in [4.78, 5) is 15.1. The van der Waals surface area contributed by atoms with E-state index < -0.39 is 10.0 Å². The summed E-state index contributed by atoms with van der Waals surface area (Å²) in [5.74, 6) is 0.131. The van der Waals surface area contributed by atoms with E-state index in [2.05, 4.69) is 24.3 Å². The zero-order chi connectivity index (χ0) is 21.8. The quantitative estimate of drug-likeness (QED) is 0.672. The Morgan fingerprint density at radius 3 is 2.45 bits per heavy atom. The Morgan fingerprint density at radius 1 is 1.00 bits per heavy atom. The number of hydrogen-bond acceptors (Lipinski definition) is 3. The van der Waals surface area contributed by atoms with Gasteiger partial charge in [0, 0.05) is 26.6 Å². The number of carbonyl (C=O) groups excluding carboxylic acids is 1. The molecule has 0 spiro atoms. The van der Waals surface area contributed by atoms with Crippen molar-refractivity contribution in [3.8, 4) is 0 Å². The van der Waals surface area contributed by atoms with Gasteiger partial charge in [-0.15, -0.1) is 0 Å². The number of sulfonamides is 1. The Labute approximate surface area is 186 Å². The number of hydrogen-bond donors (Lipinski definition) is 0. The van der Waals surface area contributed by atoms with Crippen LogP contribution in [0.1, 0.15) is 61.3 Å². The van der Waals surface area contributed by atoms with Crippen LogP contribution in [0.25, 0.3) is 0 Å². The van der Waals surface area contributed by atoms with Gasteiger partial charge in [0.15, 0.2) is 0 Å². The van der Waals surface area contributed by atoms with E-state index in [9.17, 15) is 13.2 Å². The minimum absolute atomic E-state index is 0.131. The van der Waals surface area contributed by atoms with Crippen molar-refractivity contribution in [2.24, 2.45) is 0 Å². The first-order valence-corrected chi connectivity index (χ1v) is 12.8. The molecular weight excluding hydrogens is 408 g/mol. The third-order valence-electron chi connectivity index (χ3n) is 6.70. The van der Waals surface area contributed by atoms with Crippen LogP contribution in [0.3, 0.4) is 0 Å². The molecule has 2 aromatic carbocycles. The zero-order valence-electron chi connectivity index (χ0n) is 18.3. The molecule has 1 fully saturated rings. The Bertz CT molecular complexity index is 1010. The average molecular weight is 441 g/mol. The minimum Gasteiger partial charge on any atom is -0.339 e. The smallest absolute Gasteiger partial charge is 0.243 e. The molecule has 1 saturated heterocycles. The van der Waals surface area contributed by atoms with E-state index in [0.717, 1.165) is 44.1 Å². The molecule has 4 rings (SSSR count). The van der Waals surface area contributed by atoms with Gasteiger partial charge in [-0.3, -0.25) is 4.79 Å². The van der Waals surface area contributed by atoms with Gasteiger partial charge in [0.25, 0.3) is 0 Å². The SMILES string of the molecule is CN(C(=O)CCc1ccc(S(=O)(=O)N2CCCCC2)cc1)C1CCCc2ccccc21. The molecule has 166 valence electrons. The van der Waals surface area contributed by atoms with Gasteiger partial charge < -0.3 is 4.90 Å². The largest absolute Gasteiger partial charge is 0.339 e. The fourth-order valence-corrected chi connectivity index (χ4v) is 6.33. The van der Waals surface area contributed by atoms with Gasteiger partial charge in [-0.25, -0.2) is 8.42 Å². The zero-order valence-corrected chi connectivity index (χ0v) is 19.1. The van der Waals surface area contributed by atoms with Gasteiger partial charge in [0.1, 0.15) is 0 Å². The summed E-state index contributed by atoms with van der Waals surface area (Å²) in [7, 11) is -1.50. The number of fused-ring (bicyclic) bond motifs is 1. The Balaban J connectivity index is 1.37. The van der Waals surface area contributed by atoms with Gasteiger partial charge in [-0.1, -0.05) is 42.8 Å². The predicted octanol–water partition coefficient (Wildman–Crippen LogP) is 4.33. The second-order valence-corrected chi connectivity index (χ2v) is 10.7. The maximum atomic E-state index is 12.9. The average Bonchev–Trinajstić information content (AvgIpc) is 2.82. The molecule has 1 unspecified atom stereocenters. The monoisotopic (exact) mass is 440 g/mol. The minimum atomic E-state index is -3.41. The van der Waals surface area contributed by atoms with Crippen LogP contribution in [0.15, 0.2) is 53.4 Å². The standard InChI is InChI=1S/C25H32N2O3S/c1-26(24-11-7-9-21-8-3-4-10-23(21)24)25(28)17-14-20-12-15-22(16-13-20)31(29,30)27-18-5-2-6-19-27/h3-4,8,10,12-13,15-16,24H,2,5-7,9,11,14,17-19H2,1H3. The first-order chi connectivity index (χ1) is 15.0. The molecule has 2 aromatic rings. The third kappa shape index (κ3) is 4.85. The number of carbonyl (C=O) groups is 1. The van der Waals surface area contributed by atoms with Crippen LogP contribution in [-0.4, -0.2) is 43.7 Å². The van der Waals surface area contributed by atoms with E-state index in [1.54, 1.807) is 16.4 Å². The lowest BCUT2D eigenvalue weighted by Crippen LogP contribution is -2.35. The number of amides is 1. The first kappa shape index (κ1) is 22.0. The van der Waals surface area contributed by atoms with E-state index in [1.807, 2.05) is 24.1 Å². The normalized spacial score (nSPS) is 19.6. The molecule has 6 heteroatoms. The third-order valence-corrected chi connectivity index (χ3v) is 8.62. The molecule has 1 aliphatic heterocycles. The summed E-state index contributed by atoms with van der Waals surface area (Å²) in [6.07, 6.45) is 7.18. The van der Waals surface area contributed by atoms with Crippen molar-refractivity contribution in [1.29, 1.82) is 0 Å². The van der Waals surface area contributed by atoms with Gasteiger partial charge in [-0.2, -0.15) is 4.31 Å². The van der Waals surface area contributed by atoms with Crippen LogP contribution >= 0.6 is 0 Å². The van der Waals surface area contributed by atoms with Crippen molar-refractivity contribution in [1.82, 2.24) is 9.21 Å². The van der Waals surface area contributed by atoms with Crippen LogP contribution in [0.4, 0.5) is 0 Å². The summed E-state index contributed by atoms with van der Waals surface area (Å²) in [5.41, 5.74) is 3.61. The molecule has 5 nitrogen and oxygen atoms in total. The molecule has 0 saturated carbocycles. The van der Waals surface area contributed by atoms with Crippen molar-refractivity contribution in [2.45, 2.75) is 62.3 Å². The van der Waals surface area contributed by atoms with E-state index in [0.29, 0.717) is 30.8 Å². The highest BCUT2D eigenvalue weighted by molar-refractivity contribution is 7.89. The van der Waals surface area contributed by atoms with Crippen molar-refractivity contribution < 1.29 is 13.2 Å². The molecule has 0 radical (unpaired) electrons. The Kier molecular flexibility index (Phi) is 6.77. The van der Waals surface area contributed by atoms with Crippen molar-refractivity contribution in [3.05, 3.63) is 65.2 Å². The number of benzene rings is 2. The predicted molar refractivity (Wildman–Crippen MR) is 122 cm³/mol. The fraction of sp³-hybridized carbons (Fsp3) is 0.480. The summed E-state index contributed by atoms with van der Waals surface area (Å²) in [6.45, 7) is 1.21. The highest BCUT2D eigenvalue weighted by atomic mass is 32.2. The van der Waals surface area contributed by atoms with Crippen molar-refractivity contribution in [3.63, 3.8) is 0 Å². The molecular formula is C25H32N2O3S. The number of nitrogens with zero attached hydrogens (tertiary/aromatic N) is 2. The molecule has 1 heterocycles. The lowest BCUT2D eigenvalue weighted by Gasteiger charge is -2.33. The van der Waals surface area contributed by atoms with Crippen molar-refractivity contribution >= 4 is 15.9 Å². The topological polar surface area (TPSA) is 57.7 Å². The lowest BCUT2D eigenvalue weighted by molar-refractivity contribution is -0.132. The highest BCUT2D eigenvalue weighted by Gasteiger charge is 2.27. The molecule has 1 aliphatic carbocycles. The molecule has 0 bridgehead atoms. The van der Waals surface area contributed by atoms with E-state index in [-0.39, 0.29) is 11.9 Å². The van der Waals surface area contributed by atoms with Gasteiger partial charge >= 0.3 is 0 Å². The van der Waals surface area contributed by atoms with Crippen LogP contribution < -0.4 is 0 Å². The summed E-state index contributed by atoms with van der Waals surface area (Å²) in [6, 6.07) is 15.6. The molecule has 2 aliphatic rings. The van der Waals surface area contributed by atoms with Crippen LogP contribution in [-0.2, 0) is 27.7 Å². The molecule has 1 atom stereocenters. The second-order valence-electron chi connectivity index (χ2n) is 8.72. The van der Waals surface area contributed by atoms with E-state index >= 15 is 0 Å². The molecule has 31 heavy (non-hydrogen) atoms. The van der Waals surface area contributed by atoms with E-state index in [1.165, 1.54) is 11.1 Å². The second kappa shape index (κ2) is 9.53.